The lowest BCUT2D eigenvalue weighted by Crippen LogP contribution is -2.61. The number of carbonyl (C=O) groups is 4. The Morgan fingerprint density at radius 3 is 1.21 bits per heavy atom. The standard InChI is InChI=1S/C80H88N6O11/c1-11-57(94-73(89)41-39-71(87)92-45-43-85(13-3)55-35-31-53(32-36-55)63-47-67-75(61-25-17-15-23-59(61)63)96-79(51-81-67)77(5,6)65-27-19-21-29-69(65)83(79)9)49-91-50-58(12-2)95-74(90)42-40-72(88)93-46-44-86(14-4)56-37-33-54(34-38-56)64-48-68-76(62-26-18-16-24-60(62)64)97-80(52-82-68)78(7,8)66-28-20-22-30-70(66)84(80)10/h15-38,47-48,51-52,57-58H,11-14,39-46,49-50H2,1-10H3. The van der Waals surface area contributed by atoms with Crippen molar-refractivity contribution in [2.24, 2.45) is 9.98 Å². The van der Waals surface area contributed by atoms with Gasteiger partial charge in [0.05, 0.1) is 75.2 Å². The highest BCUT2D eigenvalue weighted by Crippen LogP contribution is 2.57. The van der Waals surface area contributed by atoms with Crippen LogP contribution in [0.4, 0.5) is 34.1 Å². The number of aliphatic imine (C=N–C) groups is 2. The lowest BCUT2D eigenvalue weighted by atomic mass is 9.77. The second kappa shape index (κ2) is 28.1. The molecule has 0 amide bonds. The van der Waals surface area contributed by atoms with Gasteiger partial charge in [-0.05, 0) is 147 Å². The van der Waals surface area contributed by atoms with Crippen molar-refractivity contribution < 1.29 is 52.3 Å². The molecule has 0 aromatic heterocycles. The van der Waals surface area contributed by atoms with Gasteiger partial charge in [0.2, 0.25) is 11.4 Å². The summed E-state index contributed by atoms with van der Waals surface area (Å²) in [6.45, 7) is 19.4. The number of carbonyl (C=O) groups excluding carboxylic acids is 4. The number of hydrogen-bond acceptors (Lipinski definition) is 17. The molecular weight excluding hydrogens is 1220 g/mol. The van der Waals surface area contributed by atoms with Gasteiger partial charge < -0.3 is 52.8 Å². The maximum atomic E-state index is 12.9. The van der Waals surface area contributed by atoms with Crippen molar-refractivity contribution in [3.05, 3.63) is 169 Å². The highest BCUT2D eigenvalue weighted by atomic mass is 16.6. The minimum absolute atomic E-state index is 0.0752. The van der Waals surface area contributed by atoms with E-state index < -0.39 is 47.5 Å². The molecule has 4 aliphatic rings. The van der Waals surface area contributed by atoms with E-state index in [1.165, 1.54) is 11.1 Å². The number of fused-ring (bicyclic) bond motifs is 8. The normalized spacial score (nSPS) is 18.0. The van der Waals surface area contributed by atoms with Gasteiger partial charge in [-0.3, -0.25) is 29.2 Å². The lowest BCUT2D eigenvalue weighted by Gasteiger charge is -2.45. The number of rotatable bonds is 26. The van der Waals surface area contributed by atoms with Crippen LogP contribution < -0.4 is 29.1 Å². The van der Waals surface area contributed by atoms with E-state index in [0.717, 1.165) is 89.4 Å². The Bertz CT molecular complexity index is 4030. The number of likely N-dealkylation sites (N-methyl/N-ethyl adjacent to an activating group) is 4. The third kappa shape index (κ3) is 12.9. The first kappa shape index (κ1) is 67.2. The van der Waals surface area contributed by atoms with E-state index in [1.54, 1.807) is 0 Å². The number of para-hydroxylation sites is 2. The topological polar surface area (TPSA) is 171 Å². The van der Waals surface area contributed by atoms with Crippen LogP contribution >= 0.6 is 0 Å². The van der Waals surface area contributed by atoms with Crippen LogP contribution in [-0.4, -0.2) is 127 Å². The molecule has 0 saturated carbocycles. The van der Waals surface area contributed by atoms with Gasteiger partial charge in [-0.2, -0.15) is 0 Å². The monoisotopic (exact) mass is 1310 g/mol. The Kier molecular flexibility index (Phi) is 19.5. The highest BCUT2D eigenvalue weighted by molar-refractivity contribution is 6.07. The van der Waals surface area contributed by atoms with Crippen LogP contribution in [0.5, 0.6) is 11.5 Å². The molecular formula is C80H88N6O11. The van der Waals surface area contributed by atoms with Gasteiger partial charge >= 0.3 is 23.9 Å². The first-order chi connectivity index (χ1) is 46.8. The summed E-state index contributed by atoms with van der Waals surface area (Å²) in [4.78, 5) is 70.4. The van der Waals surface area contributed by atoms with Crippen LogP contribution in [0.1, 0.15) is 105 Å². The third-order valence-corrected chi connectivity index (χ3v) is 20.2. The van der Waals surface area contributed by atoms with E-state index in [-0.39, 0.29) is 62.9 Å². The van der Waals surface area contributed by atoms with E-state index in [0.29, 0.717) is 39.0 Å². The third-order valence-electron chi connectivity index (χ3n) is 20.2. The zero-order valence-electron chi connectivity index (χ0n) is 57.4. The molecule has 504 valence electrons. The smallest absolute Gasteiger partial charge is 0.306 e. The Balaban J connectivity index is 0.543. The molecule has 17 heteroatoms. The number of hydrogen-bond donors (Lipinski definition) is 0. The quantitative estimate of drug-likeness (QED) is 0.0370. The van der Waals surface area contributed by atoms with Crippen molar-refractivity contribution in [3.63, 3.8) is 0 Å². The summed E-state index contributed by atoms with van der Waals surface area (Å²) >= 11 is 0. The Morgan fingerprint density at radius 2 is 0.835 bits per heavy atom. The molecule has 4 unspecified atom stereocenters. The summed E-state index contributed by atoms with van der Waals surface area (Å²) in [5.74, 6) is -0.545. The number of benzene rings is 8. The second-order valence-corrected chi connectivity index (χ2v) is 26.4. The fraction of sp³-hybridized carbons (Fsp3) is 0.375. The predicted molar refractivity (Wildman–Crippen MR) is 385 cm³/mol. The van der Waals surface area contributed by atoms with E-state index in [9.17, 15) is 19.2 Å². The van der Waals surface area contributed by atoms with E-state index in [4.69, 9.17) is 43.1 Å². The number of nitrogens with zero attached hydrogens (tertiary/aromatic N) is 6. The van der Waals surface area contributed by atoms with Gasteiger partial charge in [0, 0.05) is 60.7 Å². The fourth-order valence-electron chi connectivity index (χ4n) is 14.3. The van der Waals surface area contributed by atoms with Crippen molar-refractivity contribution in [3.8, 4) is 33.8 Å². The average Bonchev–Trinajstić information content (AvgIpc) is 1.58. The zero-order valence-corrected chi connectivity index (χ0v) is 57.4. The minimum Gasteiger partial charge on any atom is -0.464 e. The average molecular weight is 1310 g/mol. The van der Waals surface area contributed by atoms with E-state index in [1.807, 2.05) is 50.5 Å². The van der Waals surface area contributed by atoms with Crippen molar-refractivity contribution in [2.45, 2.75) is 128 Å². The van der Waals surface area contributed by atoms with Crippen molar-refractivity contribution in [1.29, 1.82) is 0 Å². The van der Waals surface area contributed by atoms with Crippen LogP contribution in [0.25, 0.3) is 43.8 Å². The van der Waals surface area contributed by atoms with Gasteiger partial charge in [-0.25, -0.2) is 0 Å². The second-order valence-electron chi connectivity index (χ2n) is 26.4. The first-order valence-corrected chi connectivity index (χ1v) is 34.1. The van der Waals surface area contributed by atoms with E-state index in [2.05, 4.69) is 209 Å². The Hall–Kier alpha value is -9.74. The Labute approximate surface area is 568 Å². The van der Waals surface area contributed by atoms with Gasteiger partial charge in [0.15, 0.2) is 11.5 Å². The molecule has 4 aliphatic heterocycles. The van der Waals surface area contributed by atoms with Crippen LogP contribution in [-0.2, 0) is 53.7 Å². The minimum atomic E-state index is -0.800. The van der Waals surface area contributed by atoms with Crippen LogP contribution in [0.2, 0.25) is 0 Å². The molecule has 12 rings (SSSR count). The van der Waals surface area contributed by atoms with Gasteiger partial charge in [0.25, 0.3) is 0 Å². The molecule has 2 spiro atoms. The number of ether oxygens (including phenoxy) is 7. The molecule has 0 fully saturated rings. The maximum Gasteiger partial charge on any atom is 0.306 e. The molecule has 8 aromatic carbocycles. The molecule has 0 N–H and O–H groups in total. The fourth-order valence-corrected chi connectivity index (χ4v) is 14.3. The zero-order chi connectivity index (χ0) is 68.2. The summed E-state index contributed by atoms with van der Waals surface area (Å²) in [7, 11) is 4.15. The molecule has 4 heterocycles. The molecule has 8 aromatic rings. The van der Waals surface area contributed by atoms with Gasteiger partial charge in [-0.1, -0.05) is 123 Å². The van der Waals surface area contributed by atoms with Crippen molar-refractivity contribution in [1.82, 2.24) is 0 Å². The molecule has 0 bridgehead atoms. The van der Waals surface area contributed by atoms with Crippen LogP contribution in [0.3, 0.4) is 0 Å². The highest BCUT2D eigenvalue weighted by Gasteiger charge is 2.60. The summed E-state index contributed by atoms with van der Waals surface area (Å²) in [5.41, 5.74) is 10.0. The SMILES string of the molecule is CCC(COCC(CC)OC(=O)CCC(=O)OCCN(CC)c1ccc(-c2cc3c(c4ccccc24)OC2(C=N3)N(C)c3ccccc3C2(C)C)cc1)OC(=O)CCC(=O)OCCN(CC)c1ccc(-c2cc3c(c4ccccc24)OC2(C=N3)N(C)c3ccccc3C2(C)C)cc1. The van der Waals surface area contributed by atoms with Gasteiger partial charge in [0.1, 0.15) is 36.8 Å². The molecule has 97 heavy (non-hydrogen) atoms. The summed E-state index contributed by atoms with van der Waals surface area (Å²) < 4.78 is 42.6. The summed E-state index contributed by atoms with van der Waals surface area (Å²) in [5, 5.41) is 4.11. The van der Waals surface area contributed by atoms with Crippen molar-refractivity contribution in [2.75, 3.05) is 86.3 Å². The number of esters is 4. The predicted octanol–water partition coefficient (Wildman–Crippen LogP) is 15.4. The molecule has 4 atom stereocenters. The lowest BCUT2D eigenvalue weighted by molar-refractivity contribution is -0.159. The molecule has 17 nitrogen and oxygen atoms in total. The molecule has 0 saturated heterocycles. The summed E-state index contributed by atoms with van der Waals surface area (Å²) in [6.07, 6.45) is 3.18. The largest absolute Gasteiger partial charge is 0.464 e. The molecule has 0 radical (unpaired) electrons. The van der Waals surface area contributed by atoms with E-state index >= 15 is 0 Å². The maximum absolute atomic E-state index is 12.9. The van der Waals surface area contributed by atoms with Gasteiger partial charge in [-0.15, -0.1) is 0 Å². The van der Waals surface area contributed by atoms with Crippen molar-refractivity contribution >= 4 is 92.0 Å². The van der Waals surface area contributed by atoms with Crippen LogP contribution in [0.15, 0.2) is 168 Å². The Morgan fingerprint density at radius 1 is 0.474 bits per heavy atom. The summed E-state index contributed by atoms with van der Waals surface area (Å²) in [6, 6.07) is 54.5. The molecule has 0 aliphatic carbocycles. The van der Waals surface area contributed by atoms with Crippen LogP contribution in [0, 0.1) is 0 Å². The number of anilines is 4. The first-order valence-electron chi connectivity index (χ1n) is 34.1.